The van der Waals surface area contributed by atoms with Gasteiger partial charge in [-0.05, 0) is 50.4 Å². The van der Waals surface area contributed by atoms with Crippen molar-refractivity contribution in [2.45, 2.75) is 49.8 Å². The number of fused-ring (bicyclic) bond motifs is 2. The van der Waals surface area contributed by atoms with Crippen LogP contribution in [0.2, 0.25) is 0 Å². The third-order valence-electron chi connectivity index (χ3n) is 5.06. The van der Waals surface area contributed by atoms with Gasteiger partial charge in [0, 0.05) is 12.1 Å². The molecule has 3 atom stereocenters. The summed E-state index contributed by atoms with van der Waals surface area (Å²) >= 11 is 0. The monoisotopic (exact) mass is 307 g/mol. The number of piperidine rings is 1. The van der Waals surface area contributed by atoms with Crippen molar-refractivity contribution in [3.63, 3.8) is 0 Å². The molecular formula is C17H22FNO3. The molecular weight excluding hydrogens is 285 g/mol. The lowest BCUT2D eigenvalue weighted by Gasteiger charge is -2.36. The highest BCUT2D eigenvalue weighted by molar-refractivity contribution is 5.78. The number of ether oxygens (including phenoxy) is 1. The maximum Gasteiger partial charge on any atom is 0.316 e. The summed E-state index contributed by atoms with van der Waals surface area (Å²) in [6.45, 7) is -0.373. The Hall–Kier alpha value is -1.46. The average Bonchev–Trinajstić information content (AvgIpc) is 2.71. The fraction of sp³-hybridized carbons (Fsp3) is 0.588. The van der Waals surface area contributed by atoms with Gasteiger partial charge in [-0.25, -0.2) is 4.39 Å². The molecule has 22 heavy (non-hydrogen) atoms. The van der Waals surface area contributed by atoms with Gasteiger partial charge < -0.3 is 14.7 Å². The van der Waals surface area contributed by atoms with Crippen LogP contribution < -0.4 is 0 Å². The molecule has 3 unspecified atom stereocenters. The smallest absolute Gasteiger partial charge is 0.316 e. The number of hydrogen-bond acceptors (Lipinski definition) is 4. The van der Waals surface area contributed by atoms with E-state index in [1.165, 1.54) is 18.2 Å². The van der Waals surface area contributed by atoms with Crippen LogP contribution in [0.3, 0.4) is 0 Å². The molecule has 0 amide bonds. The normalized spacial score (nSPS) is 29.3. The van der Waals surface area contributed by atoms with Crippen LogP contribution in [-0.4, -0.2) is 47.8 Å². The van der Waals surface area contributed by atoms with E-state index in [2.05, 4.69) is 11.9 Å². The van der Waals surface area contributed by atoms with Crippen LogP contribution in [-0.2, 0) is 9.53 Å². The highest BCUT2D eigenvalue weighted by Crippen LogP contribution is 2.36. The fourth-order valence-electron chi connectivity index (χ4n) is 3.74. The molecule has 4 nitrogen and oxygen atoms in total. The van der Waals surface area contributed by atoms with E-state index in [1.807, 2.05) is 0 Å². The van der Waals surface area contributed by atoms with Crippen LogP contribution in [0.15, 0.2) is 24.3 Å². The number of nitrogens with zero attached hydrogens (tertiary/aromatic N) is 1. The Bertz CT molecular complexity index is 536. The van der Waals surface area contributed by atoms with Gasteiger partial charge in [0.1, 0.15) is 17.8 Å². The van der Waals surface area contributed by atoms with E-state index in [0.717, 1.165) is 25.7 Å². The molecule has 2 bridgehead atoms. The number of rotatable bonds is 4. The van der Waals surface area contributed by atoms with Crippen molar-refractivity contribution in [2.24, 2.45) is 0 Å². The molecule has 0 saturated carbocycles. The first-order chi connectivity index (χ1) is 10.6. The molecule has 2 saturated heterocycles. The van der Waals surface area contributed by atoms with Crippen molar-refractivity contribution in [3.05, 3.63) is 35.6 Å². The maximum atomic E-state index is 13.3. The van der Waals surface area contributed by atoms with Crippen LogP contribution in [0.1, 0.15) is 37.2 Å². The van der Waals surface area contributed by atoms with E-state index in [9.17, 15) is 14.3 Å². The molecule has 120 valence electrons. The lowest BCUT2D eigenvalue weighted by atomic mass is 9.98. The van der Waals surface area contributed by atoms with Crippen molar-refractivity contribution in [2.75, 3.05) is 13.7 Å². The number of aliphatic hydroxyl groups excluding tert-OH is 1. The van der Waals surface area contributed by atoms with Gasteiger partial charge in [-0.1, -0.05) is 12.1 Å². The molecule has 2 fully saturated rings. The standard InChI is InChI=1S/C17H22FNO3/c1-19-13-5-6-14(19)9-15(8-13)22-17(21)16(10-20)11-3-2-4-12(18)7-11/h2-4,7,13-16,20H,5-6,8-10H2,1H3. The van der Waals surface area contributed by atoms with E-state index in [0.29, 0.717) is 17.6 Å². The Labute approximate surface area is 129 Å². The number of esters is 1. The molecule has 0 spiro atoms. The molecule has 1 N–H and O–H groups in total. The van der Waals surface area contributed by atoms with Gasteiger partial charge in [-0.3, -0.25) is 4.79 Å². The number of halogens is 1. The predicted molar refractivity (Wildman–Crippen MR) is 79.9 cm³/mol. The summed E-state index contributed by atoms with van der Waals surface area (Å²) in [5.41, 5.74) is 0.461. The highest BCUT2D eigenvalue weighted by atomic mass is 19.1. The van der Waals surface area contributed by atoms with Crippen molar-refractivity contribution in [3.8, 4) is 0 Å². The summed E-state index contributed by atoms with van der Waals surface area (Å²) in [5.74, 6) is -1.68. The van der Waals surface area contributed by atoms with E-state index < -0.39 is 17.7 Å². The molecule has 0 radical (unpaired) electrons. The van der Waals surface area contributed by atoms with Gasteiger partial charge >= 0.3 is 5.97 Å². The number of hydrogen-bond donors (Lipinski definition) is 1. The Kier molecular flexibility index (Phi) is 4.45. The number of carbonyl (C=O) groups is 1. The Morgan fingerprint density at radius 3 is 2.68 bits per heavy atom. The lowest BCUT2D eigenvalue weighted by Crippen LogP contribution is -2.43. The first-order valence-corrected chi connectivity index (χ1v) is 7.87. The molecule has 5 heteroatoms. The van der Waals surface area contributed by atoms with Gasteiger partial charge in [0.25, 0.3) is 0 Å². The first kappa shape index (κ1) is 15.4. The summed E-state index contributed by atoms with van der Waals surface area (Å²) in [6, 6.07) is 6.75. The minimum Gasteiger partial charge on any atom is -0.462 e. The second kappa shape index (κ2) is 6.34. The third kappa shape index (κ3) is 3.01. The highest BCUT2D eigenvalue weighted by Gasteiger charge is 2.40. The van der Waals surface area contributed by atoms with Gasteiger partial charge in [0.05, 0.1) is 6.61 Å². The summed E-state index contributed by atoms with van der Waals surface area (Å²) in [7, 11) is 2.13. The van der Waals surface area contributed by atoms with Crippen LogP contribution in [0, 0.1) is 5.82 Å². The number of benzene rings is 1. The Balaban J connectivity index is 1.66. The van der Waals surface area contributed by atoms with Crippen LogP contribution >= 0.6 is 0 Å². The first-order valence-electron chi connectivity index (χ1n) is 7.87. The van der Waals surface area contributed by atoms with E-state index >= 15 is 0 Å². The quantitative estimate of drug-likeness (QED) is 0.865. The second-order valence-electron chi connectivity index (χ2n) is 6.37. The predicted octanol–water partition coefficient (Wildman–Crippen LogP) is 2.07. The zero-order valence-electron chi connectivity index (χ0n) is 12.7. The molecule has 2 aliphatic rings. The van der Waals surface area contributed by atoms with Crippen molar-refractivity contribution in [1.82, 2.24) is 4.90 Å². The summed E-state index contributed by atoms with van der Waals surface area (Å²) in [5, 5.41) is 9.50. The molecule has 2 heterocycles. The summed E-state index contributed by atoms with van der Waals surface area (Å²) < 4.78 is 18.9. The van der Waals surface area contributed by atoms with Gasteiger partial charge in [0.2, 0.25) is 0 Å². The molecule has 3 rings (SSSR count). The molecule has 2 aliphatic heterocycles. The van der Waals surface area contributed by atoms with Crippen molar-refractivity contribution < 1.29 is 19.0 Å². The van der Waals surface area contributed by atoms with Gasteiger partial charge in [-0.2, -0.15) is 0 Å². The zero-order valence-corrected chi connectivity index (χ0v) is 12.7. The molecule has 1 aromatic rings. The van der Waals surface area contributed by atoms with Crippen LogP contribution in [0.4, 0.5) is 4.39 Å². The fourth-order valence-corrected chi connectivity index (χ4v) is 3.74. The Morgan fingerprint density at radius 1 is 1.41 bits per heavy atom. The summed E-state index contributed by atoms with van der Waals surface area (Å²) in [4.78, 5) is 14.7. The second-order valence-corrected chi connectivity index (χ2v) is 6.37. The maximum absolute atomic E-state index is 13.3. The summed E-state index contributed by atoms with van der Waals surface area (Å²) in [6.07, 6.45) is 3.91. The van der Waals surface area contributed by atoms with Crippen LogP contribution in [0.5, 0.6) is 0 Å². The minimum atomic E-state index is -0.812. The van der Waals surface area contributed by atoms with Gasteiger partial charge in [0.15, 0.2) is 0 Å². The van der Waals surface area contributed by atoms with Gasteiger partial charge in [-0.15, -0.1) is 0 Å². The van der Waals surface area contributed by atoms with E-state index in [-0.39, 0.29) is 12.7 Å². The molecule has 1 aromatic carbocycles. The lowest BCUT2D eigenvalue weighted by molar-refractivity contribution is -0.155. The number of carbonyl (C=O) groups excluding carboxylic acids is 1. The third-order valence-corrected chi connectivity index (χ3v) is 5.06. The number of aliphatic hydroxyl groups is 1. The van der Waals surface area contributed by atoms with E-state index in [1.54, 1.807) is 6.07 Å². The minimum absolute atomic E-state index is 0.0937. The average molecular weight is 307 g/mol. The largest absolute Gasteiger partial charge is 0.462 e. The topological polar surface area (TPSA) is 49.8 Å². The molecule has 0 aliphatic carbocycles. The Morgan fingerprint density at radius 2 is 2.09 bits per heavy atom. The van der Waals surface area contributed by atoms with Crippen LogP contribution in [0.25, 0.3) is 0 Å². The van der Waals surface area contributed by atoms with E-state index in [4.69, 9.17) is 4.74 Å². The van der Waals surface area contributed by atoms with Crippen molar-refractivity contribution >= 4 is 5.97 Å². The SMILES string of the molecule is CN1C2CCC1CC(OC(=O)C(CO)c1cccc(F)c1)C2. The zero-order chi connectivity index (χ0) is 15.7. The molecule has 0 aromatic heterocycles. The van der Waals surface area contributed by atoms with Crippen molar-refractivity contribution in [1.29, 1.82) is 0 Å².